The highest BCUT2D eigenvalue weighted by Gasteiger charge is 2.22. The Morgan fingerprint density at radius 2 is 1.45 bits per heavy atom. The predicted octanol–water partition coefficient (Wildman–Crippen LogP) is 9.02. The second-order valence-electron chi connectivity index (χ2n) is 11.9. The van der Waals surface area contributed by atoms with Crippen LogP contribution in [0.1, 0.15) is 82.1 Å². The van der Waals surface area contributed by atoms with E-state index in [9.17, 15) is 4.79 Å². The third-order valence-corrected chi connectivity index (χ3v) is 7.90. The summed E-state index contributed by atoms with van der Waals surface area (Å²) in [5.74, 6) is 0.984. The van der Waals surface area contributed by atoms with Crippen LogP contribution >= 0.6 is 21.9 Å². The maximum Gasteiger partial charge on any atom is 0.338 e. The number of ether oxygens (including phenoxy) is 4. The van der Waals surface area contributed by atoms with E-state index < -0.39 is 5.97 Å². The van der Waals surface area contributed by atoms with E-state index in [1.165, 1.54) is 12.1 Å². The number of hydrogen-bond donors (Lipinski definition) is 2. The molecule has 0 amide bonds. The first-order valence-electron chi connectivity index (χ1n) is 18.4. The number of rotatable bonds is 34. The summed E-state index contributed by atoms with van der Waals surface area (Å²) in [6.45, 7) is 8.05. The SMILES string of the molecule is CCC/C=C\C=C(/C)OCCOOCCOc1c(OOCCOO)cc(C(=O)OCc2cc(OCC(CC)CCCC)cc(OSCl)c2)cc1OOCCOO. The van der Waals surface area contributed by atoms with Gasteiger partial charge in [-0.15, -0.1) is 0 Å². The largest absolute Gasteiger partial charge is 0.496 e. The van der Waals surface area contributed by atoms with Crippen molar-refractivity contribution in [3.8, 4) is 28.7 Å². The number of allylic oxidation sites excluding steroid dienone is 4. The van der Waals surface area contributed by atoms with Crippen LogP contribution in [0, 0.1) is 5.92 Å². The van der Waals surface area contributed by atoms with Crippen LogP contribution in [0.15, 0.2) is 54.3 Å². The van der Waals surface area contributed by atoms with E-state index in [-0.39, 0.29) is 82.3 Å². The van der Waals surface area contributed by atoms with Crippen molar-refractivity contribution < 1.29 is 77.5 Å². The molecule has 0 saturated carbocycles. The zero-order valence-electron chi connectivity index (χ0n) is 32.4. The number of benzene rings is 2. The standard InChI is InChI=1S/C38H55ClO16S/c1-5-8-10-11-12-29(4)43-14-18-49-50-19-15-44-37-35(53-51-20-16-47-41)24-32(25-36(37)54-52-21-17-48-42)38(40)46-28-31-22-33(26-34(23-31)55-56-39)45-27-30(7-3)13-9-6-2/h10-12,22-26,30,41-42H,5-9,13-21,27-28H2,1-4H3/b11-10-,29-12+. The Kier molecular flexibility index (Phi) is 27.4. The van der Waals surface area contributed by atoms with Crippen LogP contribution in [-0.2, 0) is 45.4 Å². The molecular formula is C38H55ClO16S. The van der Waals surface area contributed by atoms with Crippen LogP contribution in [0.4, 0.5) is 0 Å². The number of halogens is 1. The van der Waals surface area contributed by atoms with Crippen LogP contribution in [0.3, 0.4) is 0 Å². The molecule has 0 bridgehead atoms. The Balaban J connectivity index is 2.17. The predicted molar refractivity (Wildman–Crippen MR) is 206 cm³/mol. The third kappa shape index (κ3) is 21.2. The Hall–Kier alpha value is -3.49. The van der Waals surface area contributed by atoms with Crippen molar-refractivity contribution in [3.05, 3.63) is 65.4 Å². The van der Waals surface area contributed by atoms with Gasteiger partial charge in [0, 0.05) is 28.9 Å². The monoisotopic (exact) mass is 834 g/mol. The second-order valence-corrected chi connectivity index (χ2v) is 12.5. The van der Waals surface area contributed by atoms with Gasteiger partial charge in [-0.05, 0) is 49.5 Å². The lowest BCUT2D eigenvalue weighted by molar-refractivity contribution is -0.300. The van der Waals surface area contributed by atoms with Gasteiger partial charge in [-0.2, -0.15) is 9.78 Å². The van der Waals surface area contributed by atoms with Gasteiger partial charge in [-0.25, -0.2) is 24.3 Å². The van der Waals surface area contributed by atoms with Crippen molar-refractivity contribution >= 4 is 27.9 Å². The molecule has 1 atom stereocenters. The van der Waals surface area contributed by atoms with Crippen LogP contribution in [0.2, 0.25) is 0 Å². The van der Waals surface area contributed by atoms with Crippen molar-refractivity contribution in [1.82, 2.24) is 0 Å². The molecule has 316 valence electrons. The normalized spacial score (nSPS) is 12.1. The number of unbranched alkanes of at least 4 members (excludes halogenated alkanes) is 2. The van der Waals surface area contributed by atoms with E-state index in [4.69, 9.17) is 73.7 Å². The molecule has 16 nitrogen and oxygen atoms in total. The maximum atomic E-state index is 13.4. The van der Waals surface area contributed by atoms with Crippen LogP contribution in [-0.4, -0.2) is 75.9 Å². The van der Waals surface area contributed by atoms with Gasteiger partial charge >= 0.3 is 5.97 Å². The first-order valence-corrected chi connectivity index (χ1v) is 20.0. The van der Waals surface area contributed by atoms with Gasteiger partial charge in [0.2, 0.25) is 17.2 Å². The Bertz CT molecular complexity index is 1380. The average molecular weight is 835 g/mol. The van der Waals surface area contributed by atoms with Gasteiger partial charge in [-0.3, -0.25) is 10.5 Å². The molecule has 18 heteroatoms. The van der Waals surface area contributed by atoms with E-state index in [2.05, 4.69) is 36.6 Å². The minimum atomic E-state index is -0.782. The van der Waals surface area contributed by atoms with Gasteiger partial charge in [0.25, 0.3) is 0 Å². The summed E-state index contributed by atoms with van der Waals surface area (Å²) in [6, 6.07) is 7.72. The summed E-state index contributed by atoms with van der Waals surface area (Å²) >= 11 is 0.650. The maximum absolute atomic E-state index is 13.4. The Morgan fingerprint density at radius 3 is 2.07 bits per heavy atom. The van der Waals surface area contributed by atoms with Gasteiger partial charge in [0.1, 0.15) is 71.0 Å². The molecule has 0 saturated heterocycles. The smallest absolute Gasteiger partial charge is 0.338 e. The van der Waals surface area contributed by atoms with Gasteiger partial charge in [0.05, 0.1) is 17.9 Å². The fourth-order valence-corrected chi connectivity index (χ4v) is 4.97. The number of esters is 1. The fourth-order valence-electron chi connectivity index (χ4n) is 4.59. The lowest BCUT2D eigenvalue weighted by Crippen LogP contribution is -2.14. The van der Waals surface area contributed by atoms with E-state index in [0.717, 1.165) is 44.3 Å². The molecule has 0 aliphatic rings. The molecule has 0 aliphatic heterocycles. The summed E-state index contributed by atoms with van der Waals surface area (Å²) in [4.78, 5) is 52.9. The molecule has 0 aromatic heterocycles. The van der Waals surface area contributed by atoms with Crippen molar-refractivity contribution in [1.29, 1.82) is 0 Å². The minimum Gasteiger partial charge on any atom is -0.496 e. The summed E-state index contributed by atoms with van der Waals surface area (Å²) in [5, 5.41) is 17.4. The lowest BCUT2D eigenvalue weighted by atomic mass is 10.0. The number of hydrogen-bond acceptors (Lipinski definition) is 17. The summed E-state index contributed by atoms with van der Waals surface area (Å²) in [7, 11) is 5.75. The number of carbonyl (C=O) groups is 1. The summed E-state index contributed by atoms with van der Waals surface area (Å²) < 4.78 is 28.6. The first kappa shape index (κ1) is 48.7. The number of carbonyl (C=O) groups excluding carboxylic acids is 1. The lowest BCUT2D eigenvalue weighted by Gasteiger charge is -2.17. The molecule has 0 heterocycles. The zero-order chi connectivity index (χ0) is 40.6. The van der Waals surface area contributed by atoms with Crippen molar-refractivity contribution in [2.24, 2.45) is 5.92 Å². The molecule has 2 N–H and O–H groups in total. The molecule has 56 heavy (non-hydrogen) atoms. The van der Waals surface area contributed by atoms with Crippen LogP contribution in [0.5, 0.6) is 28.7 Å². The minimum absolute atomic E-state index is 0.0375. The zero-order valence-corrected chi connectivity index (χ0v) is 34.0. The molecule has 1 unspecified atom stereocenters. The van der Waals surface area contributed by atoms with Gasteiger partial charge in [0.15, 0.2) is 11.3 Å². The average Bonchev–Trinajstić information content (AvgIpc) is 3.20. The Morgan fingerprint density at radius 1 is 0.786 bits per heavy atom. The Labute approximate surface area is 337 Å². The molecule has 2 aromatic rings. The van der Waals surface area contributed by atoms with E-state index in [1.54, 1.807) is 18.2 Å². The van der Waals surface area contributed by atoms with E-state index in [1.807, 2.05) is 19.1 Å². The van der Waals surface area contributed by atoms with E-state index >= 15 is 0 Å². The molecule has 0 aliphatic carbocycles. The molecule has 0 fully saturated rings. The summed E-state index contributed by atoms with van der Waals surface area (Å²) in [5.41, 5.74) is 0.531. The highest BCUT2D eigenvalue weighted by molar-refractivity contribution is 8.17. The van der Waals surface area contributed by atoms with Crippen molar-refractivity contribution in [3.63, 3.8) is 0 Å². The van der Waals surface area contributed by atoms with Crippen molar-refractivity contribution in [2.75, 3.05) is 59.5 Å². The highest BCUT2D eigenvalue weighted by atomic mass is 35.7. The molecule has 0 radical (unpaired) electrons. The third-order valence-electron chi connectivity index (χ3n) is 7.45. The quantitative estimate of drug-likeness (QED) is 0.0130. The highest BCUT2D eigenvalue weighted by Crippen LogP contribution is 2.40. The van der Waals surface area contributed by atoms with Gasteiger partial charge < -0.3 is 32.9 Å². The van der Waals surface area contributed by atoms with Crippen molar-refractivity contribution in [2.45, 2.75) is 72.8 Å². The fraction of sp³-hybridized carbons (Fsp3) is 0.553. The molecule has 2 rings (SSSR count). The second kappa shape index (κ2) is 31.6. The van der Waals surface area contributed by atoms with Crippen LogP contribution in [0.25, 0.3) is 0 Å². The van der Waals surface area contributed by atoms with Crippen LogP contribution < -0.4 is 23.4 Å². The summed E-state index contributed by atoms with van der Waals surface area (Å²) in [6.07, 6.45) is 12.2. The first-order chi connectivity index (χ1) is 27.4. The topological polar surface area (TPSA) is 178 Å². The van der Waals surface area contributed by atoms with Gasteiger partial charge in [-0.1, -0.05) is 58.6 Å². The molecule has 2 aromatic carbocycles. The molecular weight excluding hydrogens is 780 g/mol. The van der Waals surface area contributed by atoms with E-state index in [0.29, 0.717) is 40.8 Å². The molecule has 0 spiro atoms.